The number of hydrogen-bond acceptors (Lipinski definition) is 6. The highest BCUT2D eigenvalue weighted by Gasteiger charge is 2.07. The van der Waals surface area contributed by atoms with Gasteiger partial charge in [0.1, 0.15) is 5.82 Å². The maximum Gasteiger partial charge on any atom is 0.227 e. The highest BCUT2D eigenvalue weighted by molar-refractivity contribution is 5.42. The van der Waals surface area contributed by atoms with Crippen LogP contribution in [0.2, 0.25) is 0 Å². The average molecular weight is 226 g/mol. The van der Waals surface area contributed by atoms with Gasteiger partial charge < -0.3 is 20.0 Å². The van der Waals surface area contributed by atoms with E-state index in [4.69, 9.17) is 10.2 Å². The number of hydrogen-bond donors (Lipinski definition) is 2. The molecule has 6 heteroatoms. The van der Waals surface area contributed by atoms with E-state index in [9.17, 15) is 0 Å². The van der Waals surface area contributed by atoms with E-state index < -0.39 is 0 Å². The number of likely N-dealkylation sites (N-methyl/N-ethyl adjacent to an activating group) is 2. The molecule has 16 heavy (non-hydrogen) atoms. The molecule has 0 fully saturated rings. The molecule has 1 aromatic heterocycles. The summed E-state index contributed by atoms with van der Waals surface area (Å²) in [5, 5.41) is 17.7. The van der Waals surface area contributed by atoms with Crippen molar-refractivity contribution < 1.29 is 10.2 Å². The SMILES string of the molecule is CN(CCO)c1ccnc(N(C)CCO)n1. The Labute approximate surface area is 95.2 Å². The summed E-state index contributed by atoms with van der Waals surface area (Å²) in [6.45, 7) is 1.17. The number of anilines is 2. The molecule has 2 N–H and O–H groups in total. The van der Waals surface area contributed by atoms with Crippen LogP contribution in [0.25, 0.3) is 0 Å². The molecule has 0 atom stereocenters. The Bertz CT molecular complexity index is 294. The van der Waals surface area contributed by atoms with Crippen LogP contribution in [0.1, 0.15) is 0 Å². The van der Waals surface area contributed by atoms with Gasteiger partial charge in [0.2, 0.25) is 5.95 Å². The minimum atomic E-state index is 0.0660. The molecule has 1 rings (SSSR count). The third-order valence-corrected chi connectivity index (χ3v) is 2.23. The van der Waals surface area contributed by atoms with Gasteiger partial charge in [-0.3, -0.25) is 0 Å². The smallest absolute Gasteiger partial charge is 0.227 e. The lowest BCUT2D eigenvalue weighted by molar-refractivity contribution is 0.303. The highest BCUT2D eigenvalue weighted by atomic mass is 16.3. The number of aromatic nitrogens is 2. The van der Waals surface area contributed by atoms with Crippen molar-refractivity contribution in [2.24, 2.45) is 0 Å². The second-order valence-electron chi connectivity index (χ2n) is 3.51. The Morgan fingerprint density at radius 1 is 1.12 bits per heavy atom. The van der Waals surface area contributed by atoms with E-state index in [0.717, 1.165) is 5.82 Å². The van der Waals surface area contributed by atoms with E-state index in [-0.39, 0.29) is 13.2 Å². The number of nitrogens with zero attached hydrogens (tertiary/aromatic N) is 4. The van der Waals surface area contributed by atoms with Crippen LogP contribution in [0.15, 0.2) is 12.3 Å². The van der Waals surface area contributed by atoms with Gasteiger partial charge in [0, 0.05) is 33.4 Å². The first-order chi connectivity index (χ1) is 7.69. The molecule has 0 aromatic carbocycles. The van der Waals surface area contributed by atoms with E-state index in [1.807, 2.05) is 19.0 Å². The Morgan fingerprint density at radius 3 is 2.38 bits per heavy atom. The van der Waals surface area contributed by atoms with Crippen molar-refractivity contribution in [2.45, 2.75) is 0 Å². The van der Waals surface area contributed by atoms with Gasteiger partial charge in [-0.15, -0.1) is 0 Å². The summed E-state index contributed by atoms with van der Waals surface area (Å²) in [5.41, 5.74) is 0. The second-order valence-corrected chi connectivity index (χ2v) is 3.51. The van der Waals surface area contributed by atoms with Crippen molar-refractivity contribution in [3.63, 3.8) is 0 Å². The molecule has 0 aliphatic heterocycles. The van der Waals surface area contributed by atoms with Crippen LogP contribution < -0.4 is 9.80 Å². The summed E-state index contributed by atoms with van der Waals surface area (Å²) >= 11 is 0. The molecule has 0 amide bonds. The lowest BCUT2D eigenvalue weighted by Gasteiger charge is -2.20. The fourth-order valence-corrected chi connectivity index (χ4v) is 1.25. The summed E-state index contributed by atoms with van der Waals surface area (Å²) in [5.74, 6) is 1.32. The molecule has 1 aromatic rings. The summed E-state index contributed by atoms with van der Waals surface area (Å²) in [7, 11) is 3.68. The standard InChI is InChI=1S/C10H18N4O2/c1-13(5-7-15)9-3-4-11-10(12-9)14(2)6-8-16/h3-4,15-16H,5-8H2,1-2H3. The zero-order valence-electron chi connectivity index (χ0n) is 9.67. The monoisotopic (exact) mass is 226 g/mol. The molecule has 0 spiro atoms. The molecule has 0 bridgehead atoms. The third kappa shape index (κ3) is 3.32. The van der Waals surface area contributed by atoms with Gasteiger partial charge in [-0.1, -0.05) is 0 Å². The Morgan fingerprint density at radius 2 is 1.75 bits per heavy atom. The molecule has 0 radical (unpaired) electrons. The van der Waals surface area contributed by atoms with Crippen LogP contribution in [0.5, 0.6) is 0 Å². The predicted molar refractivity (Wildman–Crippen MR) is 62.7 cm³/mol. The predicted octanol–water partition coefficient (Wildman–Crippen LogP) is -0.666. The maximum absolute atomic E-state index is 8.83. The van der Waals surface area contributed by atoms with Gasteiger partial charge in [0.25, 0.3) is 0 Å². The van der Waals surface area contributed by atoms with Gasteiger partial charge in [0.05, 0.1) is 13.2 Å². The van der Waals surface area contributed by atoms with Gasteiger partial charge in [-0.05, 0) is 6.07 Å². The zero-order valence-corrected chi connectivity index (χ0v) is 9.67. The molecular weight excluding hydrogens is 208 g/mol. The fourth-order valence-electron chi connectivity index (χ4n) is 1.25. The molecule has 90 valence electrons. The highest BCUT2D eigenvalue weighted by Crippen LogP contribution is 2.12. The summed E-state index contributed by atoms with van der Waals surface area (Å²) in [4.78, 5) is 12.1. The molecule has 1 heterocycles. The second kappa shape index (κ2) is 6.24. The van der Waals surface area contributed by atoms with Crippen molar-refractivity contribution in [1.29, 1.82) is 0 Å². The molecule has 0 unspecified atom stereocenters. The van der Waals surface area contributed by atoms with Crippen LogP contribution in [0.3, 0.4) is 0 Å². The van der Waals surface area contributed by atoms with Crippen molar-refractivity contribution >= 4 is 11.8 Å². The largest absolute Gasteiger partial charge is 0.395 e. The van der Waals surface area contributed by atoms with Crippen molar-refractivity contribution in [2.75, 3.05) is 50.2 Å². The van der Waals surface area contributed by atoms with Gasteiger partial charge in [-0.25, -0.2) is 4.98 Å². The van der Waals surface area contributed by atoms with Crippen molar-refractivity contribution in [3.8, 4) is 0 Å². The van der Waals surface area contributed by atoms with Crippen LogP contribution >= 0.6 is 0 Å². The Balaban J connectivity index is 2.77. The van der Waals surface area contributed by atoms with Crippen molar-refractivity contribution in [1.82, 2.24) is 9.97 Å². The van der Waals surface area contributed by atoms with Gasteiger partial charge >= 0.3 is 0 Å². The lowest BCUT2D eigenvalue weighted by atomic mass is 10.5. The summed E-state index contributed by atoms with van der Waals surface area (Å²) in [6, 6.07) is 1.78. The Kier molecular flexibility index (Phi) is 4.94. The quantitative estimate of drug-likeness (QED) is 0.670. The fraction of sp³-hybridized carbons (Fsp3) is 0.600. The molecular formula is C10H18N4O2. The number of rotatable bonds is 6. The molecule has 0 aliphatic carbocycles. The maximum atomic E-state index is 8.83. The third-order valence-electron chi connectivity index (χ3n) is 2.23. The first kappa shape index (κ1) is 12.7. The zero-order chi connectivity index (χ0) is 12.0. The minimum Gasteiger partial charge on any atom is -0.395 e. The van der Waals surface area contributed by atoms with Gasteiger partial charge in [-0.2, -0.15) is 4.98 Å². The first-order valence-corrected chi connectivity index (χ1v) is 5.16. The molecule has 6 nitrogen and oxygen atoms in total. The van der Waals surface area contributed by atoms with Crippen LogP contribution in [0, 0.1) is 0 Å². The van der Waals surface area contributed by atoms with Gasteiger partial charge in [0.15, 0.2) is 0 Å². The van der Waals surface area contributed by atoms with Crippen molar-refractivity contribution in [3.05, 3.63) is 12.3 Å². The van der Waals surface area contributed by atoms with E-state index >= 15 is 0 Å². The van der Waals surface area contributed by atoms with E-state index in [2.05, 4.69) is 9.97 Å². The minimum absolute atomic E-state index is 0.0660. The van der Waals surface area contributed by atoms with E-state index in [1.165, 1.54) is 0 Å². The summed E-state index contributed by atoms with van der Waals surface area (Å²) in [6.07, 6.45) is 1.67. The lowest BCUT2D eigenvalue weighted by Crippen LogP contribution is -2.26. The molecule has 0 saturated carbocycles. The average Bonchev–Trinajstić information content (AvgIpc) is 2.30. The molecule has 0 saturated heterocycles. The number of aliphatic hydroxyl groups is 2. The Hall–Kier alpha value is -1.40. The molecule has 0 aliphatic rings. The first-order valence-electron chi connectivity index (χ1n) is 5.16. The van der Waals surface area contributed by atoms with Crippen LogP contribution in [-0.2, 0) is 0 Å². The number of aliphatic hydroxyl groups excluding tert-OH is 2. The van der Waals surface area contributed by atoms with E-state index in [0.29, 0.717) is 19.0 Å². The van der Waals surface area contributed by atoms with Crippen LogP contribution in [0.4, 0.5) is 11.8 Å². The van der Waals surface area contributed by atoms with E-state index in [1.54, 1.807) is 17.2 Å². The summed E-state index contributed by atoms with van der Waals surface area (Å²) < 4.78 is 0. The normalized spacial score (nSPS) is 10.2. The topological polar surface area (TPSA) is 72.7 Å². The van der Waals surface area contributed by atoms with Crippen LogP contribution in [-0.4, -0.2) is 60.6 Å².